The number of carbonyl (C=O) groups is 2. The fourth-order valence-corrected chi connectivity index (χ4v) is 9.98. The van der Waals surface area contributed by atoms with Crippen molar-refractivity contribution < 1.29 is 19.8 Å². The van der Waals surface area contributed by atoms with Crippen molar-refractivity contribution in [2.24, 2.45) is 23.7 Å². The molecule has 8 rings (SSSR count). The molecule has 14 nitrogen and oxygen atoms in total. The van der Waals surface area contributed by atoms with Gasteiger partial charge in [0.05, 0.1) is 48.4 Å². The SMILES string of the molecule is Cc1cnc2ccnc(NCC(=O)NC3CN(C4CCC(C(O)C(C)C)CC4)C3)c2c1.Cc1cnc2ccnc(NCC(=O)NC3CN(C4CCC(C(O)C(C)C)CC4)C3)c2c1. The molecule has 0 spiro atoms. The van der Waals surface area contributed by atoms with Gasteiger partial charge in [0, 0.05) is 73.8 Å². The van der Waals surface area contributed by atoms with Crippen LogP contribution >= 0.6 is 0 Å². The van der Waals surface area contributed by atoms with Gasteiger partial charge in [-0.25, -0.2) is 9.97 Å². The molecule has 4 fully saturated rings. The van der Waals surface area contributed by atoms with Gasteiger partial charge in [-0.3, -0.25) is 29.4 Å². The van der Waals surface area contributed by atoms with Gasteiger partial charge >= 0.3 is 0 Å². The minimum Gasteiger partial charge on any atom is -0.393 e. The zero-order chi connectivity index (χ0) is 43.9. The van der Waals surface area contributed by atoms with E-state index in [4.69, 9.17) is 0 Å². The second-order valence-corrected chi connectivity index (χ2v) is 19.2. The van der Waals surface area contributed by atoms with Crippen LogP contribution in [-0.4, -0.2) is 127 Å². The maximum Gasteiger partial charge on any atom is 0.239 e. The number of likely N-dealkylation sites (tertiary alicyclic amines) is 2. The summed E-state index contributed by atoms with van der Waals surface area (Å²) in [6, 6.07) is 9.45. The summed E-state index contributed by atoms with van der Waals surface area (Å²) in [6.07, 6.45) is 15.8. The molecule has 14 heteroatoms. The van der Waals surface area contributed by atoms with Crippen LogP contribution in [0.5, 0.6) is 0 Å². The van der Waals surface area contributed by atoms with Crippen molar-refractivity contribution in [1.82, 2.24) is 40.4 Å². The molecule has 4 aromatic rings. The lowest BCUT2D eigenvalue weighted by Gasteiger charge is -2.47. The number of pyridine rings is 4. The van der Waals surface area contributed by atoms with Crippen LogP contribution in [0.3, 0.4) is 0 Å². The summed E-state index contributed by atoms with van der Waals surface area (Å²) in [7, 11) is 0. The third-order valence-electron chi connectivity index (χ3n) is 13.7. The van der Waals surface area contributed by atoms with E-state index in [2.05, 4.69) is 78.7 Å². The molecule has 2 saturated carbocycles. The average molecular weight is 851 g/mol. The zero-order valence-electron chi connectivity index (χ0n) is 37.7. The smallest absolute Gasteiger partial charge is 0.239 e. The minimum absolute atomic E-state index is 0.00664. The highest BCUT2D eigenvalue weighted by Crippen LogP contribution is 2.35. The number of aromatic nitrogens is 4. The second kappa shape index (κ2) is 20.8. The van der Waals surface area contributed by atoms with E-state index in [1.165, 1.54) is 0 Å². The van der Waals surface area contributed by atoms with E-state index in [9.17, 15) is 19.8 Å². The molecule has 62 heavy (non-hydrogen) atoms. The Bertz CT molecular complexity index is 1960. The van der Waals surface area contributed by atoms with Crippen molar-refractivity contribution in [2.45, 2.75) is 129 Å². The molecule has 2 atom stereocenters. The van der Waals surface area contributed by atoms with Crippen molar-refractivity contribution >= 4 is 45.3 Å². The Morgan fingerprint density at radius 2 is 0.984 bits per heavy atom. The number of aliphatic hydroxyl groups excluding tert-OH is 2. The lowest BCUT2D eigenvalue weighted by molar-refractivity contribution is -0.122. The first-order valence-corrected chi connectivity index (χ1v) is 23.1. The van der Waals surface area contributed by atoms with E-state index >= 15 is 0 Å². The first kappa shape index (κ1) is 45.5. The summed E-state index contributed by atoms with van der Waals surface area (Å²) >= 11 is 0. The van der Waals surface area contributed by atoms with Crippen LogP contribution < -0.4 is 21.3 Å². The van der Waals surface area contributed by atoms with E-state index in [-0.39, 0.29) is 49.2 Å². The van der Waals surface area contributed by atoms with Gasteiger partial charge in [0.15, 0.2) is 0 Å². The lowest BCUT2D eigenvalue weighted by Crippen LogP contribution is -2.63. The summed E-state index contributed by atoms with van der Waals surface area (Å²) < 4.78 is 0. The predicted octanol–water partition coefficient (Wildman–Crippen LogP) is 5.45. The molecule has 2 unspecified atom stereocenters. The van der Waals surface area contributed by atoms with Gasteiger partial charge in [-0.05, 0) is 124 Å². The molecule has 4 aliphatic rings. The fourth-order valence-electron chi connectivity index (χ4n) is 9.98. The quantitative estimate of drug-likeness (QED) is 0.0946. The van der Waals surface area contributed by atoms with Crippen molar-refractivity contribution in [1.29, 1.82) is 0 Å². The molecule has 0 aromatic carbocycles. The van der Waals surface area contributed by atoms with E-state index in [1.54, 1.807) is 12.4 Å². The summed E-state index contributed by atoms with van der Waals surface area (Å²) in [5.41, 5.74) is 3.87. The number of carbonyl (C=O) groups excluding carboxylic acids is 2. The lowest BCUT2D eigenvalue weighted by atomic mass is 9.78. The van der Waals surface area contributed by atoms with Crippen LogP contribution in [0, 0.1) is 37.5 Å². The van der Waals surface area contributed by atoms with Crippen molar-refractivity contribution in [3.8, 4) is 0 Å². The molecule has 336 valence electrons. The number of hydrogen-bond acceptors (Lipinski definition) is 12. The Balaban J connectivity index is 0.000000186. The minimum atomic E-state index is -0.173. The normalized spacial score (nSPS) is 23.5. The molecular formula is C48H70N10O4. The maximum atomic E-state index is 12.4. The number of nitrogens with zero attached hydrogens (tertiary/aromatic N) is 6. The van der Waals surface area contributed by atoms with Gasteiger partial charge in [0.25, 0.3) is 0 Å². The number of fused-ring (bicyclic) bond motifs is 2. The van der Waals surface area contributed by atoms with Crippen molar-refractivity contribution in [2.75, 3.05) is 49.9 Å². The number of anilines is 2. The van der Waals surface area contributed by atoms with Crippen LogP contribution in [0.25, 0.3) is 21.8 Å². The standard InChI is InChI=1S/2C24H35N5O2/c2*1-15(2)23(31)17-4-6-19(7-5-17)29-13-18(14-29)28-22(30)12-27-24-20-10-16(3)11-26-21(20)8-9-25-24/h2*8-11,15,17-19,23,31H,4-7,12-14H2,1-3H3,(H,25,27)(H,28,30). The van der Waals surface area contributed by atoms with Gasteiger partial charge < -0.3 is 31.5 Å². The summed E-state index contributed by atoms with van der Waals surface area (Å²) in [5, 5.41) is 35.1. The fraction of sp³-hybridized carbons (Fsp3) is 0.625. The van der Waals surface area contributed by atoms with E-state index in [1.807, 2.05) is 50.5 Å². The van der Waals surface area contributed by atoms with Gasteiger partial charge in [0.2, 0.25) is 11.8 Å². The molecule has 2 saturated heterocycles. The third kappa shape index (κ3) is 11.5. The summed E-state index contributed by atoms with van der Waals surface area (Å²) in [5.74, 6) is 2.94. The number of rotatable bonds is 14. The Hall–Kier alpha value is -4.50. The van der Waals surface area contributed by atoms with Gasteiger partial charge in [-0.15, -0.1) is 0 Å². The second-order valence-electron chi connectivity index (χ2n) is 19.2. The van der Waals surface area contributed by atoms with Crippen LogP contribution in [-0.2, 0) is 9.59 Å². The molecule has 0 radical (unpaired) electrons. The van der Waals surface area contributed by atoms with Gasteiger partial charge in [0.1, 0.15) is 11.6 Å². The Labute approximate surface area is 367 Å². The topological polar surface area (TPSA) is 181 Å². The number of aliphatic hydroxyl groups is 2. The molecule has 2 aliphatic heterocycles. The molecule has 4 aromatic heterocycles. The summed E-state index contributed by atoms with van der Waals surface area (Å²) in [4.78, 5) is 47.4. The molecule has 2 amide bonds. The number of hydrogen-bond donors (Lipinski definition) is 6. The van der Waals surface area contributed by atoms with E-state index < -0.39 is 0 Å². The Morgan fingerprint density at radius 1 is 0.613 bits per heavy atom. The third-order valence-corrected chi connectivity index (χ3v) is 13.7. The molecule has 6 N–H and O–H groups in total. The van der Waals surface area contributed by atoms with E-state index in [0.717, 1.165) is 110 Å². The Kier molecular flexibility index (Phi) is 15.3. The molecule has 6 heterocycles. The molecule has 2 aliphatic carbocycles. The maximum absolute atomic E-state index is 12.4. The van der Waals surface area contributed by atoms with Crippen LogP contribution in [0.1, 0.15) is 90.2 Å². The van der Waals surface area contributed by atoms with Crippen molar-refractivity contribution in [3.63, 3.8) is 0 Å². The largest absolute Gasteiger partial charge is 0.393 e. The number of aryl methyl sites for hydroxylation is 2. The summed E-state index contributed by atoms with van der Waals surface area (Å²) in [6.45, 7) is 16.5. The highest BCUT2D eigenvalue weighted by molar-refractivity contribution is 5.92. The van der Waals surface area contributed by atoms with Crippen LogP contribution in [0.4, 0.5) is 11.6 Å². The number of amides is 2. The van der Waals surface area contributed by atoms with E-state index in [0.29, 0.717) is 47.4 Å². The average Bonchev–Trinajstić information content (AvgIpc) is 3.24. The Morgan fingerprint density at radius 3 is 1.34 bits per heavy atom. The predicted molar refractivity (Wildman–Crippen MR) is 246 cm³/mol. The van der Waals surface area contributed by atoms with Crippen LogP contribution in [0.2, 0.25) is 0 Å². The highest BCUT2D eigenvalue weighted by atomic mass is 16.3. The molecule has 0 bridgehead atoms. The highest BCUT2D eigenvalue weighted by Gasteiger charge is 2.38. The first-order valence-electron chi connectivity index (χ1n) is 23.1. The molecular weight excluding hydrogens is 781 g/mol. The van der Waals surface area contributed by atoms with Crippen LogP contribution in [0.15, 0.2) is 49.1 Å². The zero-order valence-corrected chi connectivity index (χ0v) is 37.7. The van der Waals surface area contributed by atoms with Gasteiger partial charge in [-0.1, -0.05) is 27.7 Å². The first-order chi connectivity index (χ1) is 29.8. The number of nitrogens with one attached hydrogen (secondary N) is 4. The van der Waals surface area contributed by atoms with Gasteiger partial charge in [-0.2, -0.15) is 0 Å². The van der Waals surface area contributed by atoms with Crippen molar-refractivity contribution in [3.05, 3.63) is 60.2 Å². The monoisotopic (exact) mass is 851 g/mol.